The monoisotopic (exact) mass is 413 g/mol. The number of nitrogens with one attached hydrogen (secondary N) is 2. The minimum atomic E-state index is -0.390. The van der Waals surface area contributed by atoms with Crippen LogP contribution < -0.4 is 10.6 Å². The van der Waals surface area contributed by atoms with Gasteiger partial charge in [0.2, 0.25) is 0 Å². The number of benzene rings is 1. The van der Waals surface area contributed by atoms with Crippen molar-refractivity contribution in [3.05, 3.63) is 63.2 Å². The molecule has 1 unspecified atom stereocenters. The van der Waals surface area contributed by atoms with Gasteiger partial charge in [0.05, 0.1) is 10.6 Å². The fourth-order valence-corrected chi connectivity index (χ4v) is 5.44. The molecule has 28 heavy (non-hydrogen) atoms. The molecule has 2 aliphatic rings. The summed E-state index contributed by atoms with van der Waals surface area (Å²) in [5.74, 6) is 1.32. The SMILES string of the molecule is CCN1CCc2c(sc3c2C(=O)NC(c2ccc(-c4ccccc4Cl)o2)N3)C1. The number of likely N-dealkylation sites (N-methyl/N-ethyl adjacent to an activating group) is 1. The third kappa shape index (κ3) is 2.92. The van der Waals surface area contributed by atoms with E-state index in [0.717, 1.165) is 42.2 Å². The predicted octanol–water partition coefficient (Wildman–Crippen LogP) is 4.89. The molecule has 2 aromatic heterocycles. The summed E-state index contributed by atoms with van der Waals surface area (Å²) in [4.78, 5) is 16.6. The quantitative estimate of drug-likeness (QED) is 0.641. The smallest absolute Gasteiger partial charge is 0.256 e. The predicted molar refractivity (Wildman–Crippen MR) is 112 cm³/mol. The Morgan fingerprint density at radius 1 is 1.25 bits per heavy atom. The molecule has 5 nitrogen and oxygen atoms in total. The first-order chi connectivity index (χ1) is 13.6. The molecule has 5 rings (SSSR count). The number of fused-ring (bicyclic) bond motifs is 3. The maximum atomic E-state index is 12.9. The minimum Gasteiger partial charge on any atom is -0.457 e. The van der Waals surface area contributed by atoms with Crippen molar-refractivity contribution in [1.29, 1.82) is 0 Å². The van der Waals surface area contributed by atoms with Gasteiger partial charge in [0.1, 0.15) is 16.5 Å². The summed E-state index contributed by atoms with van der Waals surface area (Å²) in [6, 6.07) is 11.3. The molecule has 0 aliphatic carbocycles. The van der Waals surface area contributed by atoms with Gasteiger partial charge in [-0.3, -0.25) is 9.69 Å². The molecule has 1 amide bonds. The first-order valence-corrected chi connectivity index (χ1v) is 10.6. The molecule has 2 aliphatic heterocycles. The molecule has 1 atom stereocenters. The van der Waals surface area contributed by atoms with Gasteiger partial charge in [-0.15, -0.1) is 11.3 Å². The van der Waals surface area contributed by atoms with Crippen molar-refractivity contribution in [2.24, 2.45) is 0 Å². The molecule has 2 N–H and O–H groups in total. The average Bonchev–Trinajstić information content (AvgIpc) is 3.32. The Morgan fingerprint density at radius 3 is 2.93 bits per heavy atom. The molecular formula is C21H20ClN3O2S. The molecule has 7 heteroatoms. The van der Waals surface area contributed by atoms with Gasteiger partial charge >= 0.3 is 0 Å². The maximum Gasteiger partial charge on any atom is 0.256 e. The molecule has 0 bridgehead atoms. The second kappa shape index (κ2) is 6.95. The highest BCUT2D eigenvalue weighted by Gasteiger charge is 2.34. The zero-order valence-corrected chi connectivity index (χ0v) is 17.0. The third-order valence-electron chi connectivity index (χ3n) is 5.41. The van der Waals surface area contributed by atoms with Crippen LogP contribution in [-0.2, 0) is 13.0 Å². The Morgan fingerprint density at radius 2 is 2.11 bits per heavy atom. The van der Waals surface area contributed by atoms with Gasteiger partial charge in [-0.25, -0.2) is 0 Å². The van der Waals surface area contributed by atoms with Crippen LogP contribution in [-0.4, -0.2) is 23.9 Å². The first-order valence-electron chi connectivity index (χ1n) is 9.43. The van der Waals surface area contributed by atoms with Crippen molar-refractivity contribution in [2.45, 2.75) is 26.1 Å². The lowest BCUT2D eigenvalue weighted by atomic mass is 10.0. The summed E-state index contributed by atoms with van der Waals surface area (Å²) >= 11 is 7.97. The number of carbonyl (C=O) groups excluding carboxylic acids is 1. The van der Waals surface area contributed by atoms with E-state index >= 15 is 0 Å². The standard InChI is InChI=1S/C21H20ClN3O2S/c1-2-25-10-9-13-17(11-25)28-21-18(13)20(26)23-19(24-21)16-8-7-15(27-16)12-5-3-4-6-14(12)22/h3-8,19,24H,2,9-11H2,1H3,(H,23,26). The molecule has 4 heterocycles. The van der Waals surface area contributed by atoms with Crippen molar-refractivity contribution in [3.63, 3.8) is 0 Å². The van der Waals surface area contributed by atoms with Crippen molar-refractivity contribution >= 4 is 33.8 Å². The Bertz CT molecular complexity index is 1060. The summed E-state index contributed by atoms with van der Waals surface area (Å²) in [6.45, 7) is 5.12. The van der Waals surface area contributed by atoms with E-state index in [0.29, 0.717) is 16.5 Å². The molecular weight excluding hydrogens is 394 g/mol. The normalized spacial score (nSPS) is 18.9. The van der Waals surface area contributed by atoms with Gasteiger partial charge in [-0.05, 0) is 42.8 Å². The maximum absolute atomic E-state index is 12.9. The van der Waals surface area contributed by atoms with Crippen molar-refractivity contribution in [2.75, 3.05) is 18.4 Å². The highest BCUT2D eigenvalue weighted by atomic mass is 35.5. The highest BCUT2D eigenvalue weighted by Crippen LogP contribution is 2.41. The number of carbonyl (C=O) groups is 1. The zero-order chi connectivity index (χ0) is 19.3. The number of halogens is 1. The molecule has 144 valence electrons. The molecule has 0 spiro atoms. The van der Waals surface area contributed by atoms with E-state index in [2.05, 4.69) is 22.5 Å². The lowest BCUT2D eigenvalue weighted by molar-refractivity contribution is 0.0930. The number of thiophene rings is 1. The van der Waals surface area contributed by atoms with E-state index in [1.165, 1.54) is 10.4 Å². The lowest BCUT2D eigenvalue weighted by Gasteiger charge is -2.27. The van der Waals surface area contributed by atoms with Gasteiger partial charge in [0.15, 0.2) is 6.17 Å². The van der Waals surface area contributed by atoms with Crippen LogP contribution in [0.25, 0.3) is 11.3 Å². The van der Waals surface area contributed by atoms with Crippen molar-refractivity contribution in [1.82, 2.24) is 10.2 Å². The number of amides is 1. The zero-order valence-electron chi connectivity index (χ0n) is 15.4. The van der Waals surface area contributed by atoms with Crippen LogP contribution in [0.4, 0.5) is 5.00 Å². The summed E-state index contributed by atoms with van der Waals surface area (Å²) in [5.41, 5.74) is 2.85. The van der Waals surface area contributed by atoms with E-state index in [-0.39, 0.29) is 5.91 Å². The van der Waals surface area contributed by atoms with Gasteiger partial charge < -0.3 is 15.1 Å². The van der Waals surface area contributed by atoms with Crippen LogP contribution in [0.15, 0.2) is 40.8 Å². The molecule has 0 saturated carbocycles. The number of anilines is 1. The molecule has 0 radical (unpaired) electrons. The van der Waals surface area contributed by atoms with E-state index in [1.54, 1.807) is 11.3 Å². The lowest BCUT2D eigenvalue weighted by Crippen LogP contribution is -2.38. The van der Waals surface area contributed by atoms with E-state index in [1.807, 2.05) is 36.4 Å². The van der Waals surface area contributed by atoms with Gasteiger partial charge in [0.25, 0.3) is 5.91 Å². The fourth-order valence-electron chi connectivity index (χ4n) is 3.89. The second-order valence-corrected chi connectivity index (χ2v) is 8.57. The van der Waals surface area contributed by atoms with Crippen LogP contribution in [0.5, 0.6) is 0 Å². The highest BCUT2D eigenvalue weighted by molar-refractivity contribution is 7.16. The summed E-state index contributed by atoms with van der Waals surface area (Å²) in [6.07, 6.45) is 0.533. The minimum absolute atomic E-state index is 0.0307. The van der Waals surface area contributed by atoms with E-state index in [9.17, 15) is 4.79 Å². The Hall–Kier alpha value is -2.28. The largest absolute Gasteiger partial charge is 0.457 e. The van der Waals surface area contributed by atoms with Crippen LogP contribution in [0.3, 0.4) is 0 Å². The molecule has 1 aromatic carbocycles. The first kappa shape index (κ1) is 17.8. The van der Waals surface area contributed by atoms with E-state index in [4.69, 9.17) is 16.0 Å². The van der Waals surface area contributed by atoms with E-state index < -0.39 is 6.17 Å². The van der Waals surface area contributed by atoms with Crippen molar-refractivity contribution in [3.8, 4) is 11.3 Å². The number of rotatable bonds is 3. The van der Waals surface area contributed by atoms with Crippen LogP contribution in [0.2, 0.25) is 5.02 Å². The van der Waals surface area contributed by atoms with Crippen LogP contribution >= 0.6 is 22.9 Å². The number of nitrogens with zero attached hydrogens (tertiary/aromatic N) is 1. The Balaban J connectivity index is 1.44. The molecule has 0 fully saturated rings. The molecule has 0 saturated heterocycles. The average molecular weight is 414 g/mol. The number of hydrogen-bond donors (Lipinski definition) is 2. The van der Waals surface area contributed by atoms with Gasteiger partial charge in [-0.2, -0.15) is 0 Å². The number of furan rings is 1. The molecule has 3 aromatic rings. The Labute approximate surface area is 172 Å². The van der Waals surface area contributed by atoms with Crippen LogP contribution in [0.1, 0.15) is 39.6 Å². The summed E-state index contributed by atoms with van der Waals surface area (Å²) in [7, 11) is 0. The van der Waals surface area contributed by atoms with Crippen LogP contribution in [0, 0.1) is 0 Å². The summed E-state index contributed by atoms with van der Waals surface area (Å²) in [5, 5.41) is 8.07. The van der Waals surface area contributed by atoms with Crippen molar-refractivity contribution < 1.29 is 9.21 Å². The fraction of sp³-hybridized carbons (Fsp3) is 0.286. The third-order valence-corrected chi connectivity index (χ3v) is 6.89. The number of hydrogen-bond acceptors (Lipinski definition) is 5. The topological polar surface area (TPSA) is 57.5 Å². The van der Waals surface area contributed by atoms with Gasteiger partial charge in [-0.1, -0.05) is 30.7 Å². The summed E-state index contributed by atoms with van der Waals surface area (Å²) < 4.78 is 6.02. The Kier molecular flexibility index (Phi) is 4.42. The van der Waals surface area contributed by atoms with Gasteiger partial charge in [0, 0.05) is 23.5 Å². The second-order valence-electron chi connectivity index (χ2n) is 7.06.